The highest BCUT2D eigenvalue weighted by atomic mass is 31.3. The third-order valence-electron chi connectivity index (χ3n) is 2.87. The van der Waals surface area contributed by atoms with E-state index in [-0.39, 0.29) is 12.4 Å². The first-order valence-corrected chi connectivity index (χ1v) is 11.9. The summed E-state index contributed by atoms with van der Waals surface area (Å²) in [5.74, 6) is 0.191. The summed E-state index contributed by atoms with van der Waals surface area (Å²) in [6.45, 7) is 1.74. The fraction of sp³-hybridized carbons (Fsp3) is 0.444. The number of anilines is 1. The summed E-state index contributed by atoms with van der Waals surface area (Å²) in [4.78, 5) is 38.1. The van der Waals surface area contributed by atoms with Crippen LogP contribution in [0.15, 0.2) is 12.7 Å². The lowest BCUT2D eigenvalue weighted by molar-refractivity contribution is 0.0834. The Morgan fingerprint density at radius 3 is 2.52 bits per heavy atom. The summed E-state index contributed by atoms with van der Waals surface area (Å²) in [6, 6.07) is 0. The molecule has 2 unspecified atom stereocenters. The Kier molecular flexibility index (Phi) is 6.63. The number of nitrogen functional groups attached to an aromatic ring is 1. The molecule has 2 rings (SSSR count). The van der Waals surface area contributed by atoms with Crippen molar-refractivity contribution >= 4 is 47.4 Å². The average molecular weight is 441 g/mol. The van der Waals surface area contributed by atoms with Gasteiger partial charge in [0, 0.05) is 0 Å². The van der Waals surface area contributed by atoms with Gasteiger partial charge in [-0.05, 0) is 6.92 Å². The van der Waals surface area contributed by atoms with Crippen LogP contribution in [0.2, 0.25) is 0 Å². The second-order valence-electron chi connectivity index (χ2n) is 5.28. The van der Waals surface area contributed by atoms with Crippen LogP contribution >= 0.6 is 22.9 Å². The maximum Gasteiger partial charge on any atom is 0.486 e. The van der Waals surface area contributed by atoms with E-state index in [1.54, 1.807) is 11.5 Å². The van der Waals surface area contributed by atoms with Crippen molar-refractivity contribution in [1.29, 1.82) is 0 Å². The standard InChI is InChI=1S/C9H15BN5O9P3/c1-6(2-15-4-14-7-8(11)12-3-13-9(7)15)22-5-25(10,16)23-27(20,21)24-26(17,18)19/h3-4,6H,2,5H2,1H3,(H,20,21)(H2,11,12,13)(H2,17,18,19)/t6-,25?/m1/s1. The second kappa shape index (κ2) is 8.08. The summed E-state index contributed by atoms with van der Waals surface area (Å²) in [5, 5.41) is 0. The van der Waals surface area contributed by atoms with Crippen LogP contribution in [0.25, 0.3) is 11.2 Å². The molecule has 0 amide bonds. The molecule has 0 spiro atoms. The molecule has 14 nitrogen and oxygen atoms in total. The Morgan fingerprint density at radius 2 is 1.89 bits per heavy atom. The van der Waals surface area contributed by atoms with Crippen molar-refractivity contribution in [1.82, 2.24) is 19.5 Å². The predicted octanol–water partition coefficient (Wildman–Crippen LogP) is 0.359. The Morgan fingerprint density at radius 1 is 1.22 bits per heavy atom. The Hall–Kier alpha value is -1.14. The van der Waals surface area contributed by atoms with Crippen LogP contribution in [0.4, 0.5) is 5.82 Å². The SMILES string of the molecule is [B]P(=O)(CO[C@H](C)Cn1cnc2c(N)ncnc21)OP(=O)(O)OP(=O)(O)O. The average Bonchev–Trinajstić information content (AvgIpc) is 2.86. The first-order valence-electron chi connectivity index (χ1n) is 6.99. The van der Waals surface area contributed by atoms with Crippen LogP contribution < -0.4 is 5.73 Å². The van der Waals surface area contributed by atoms with Gasteiger partial charge in [-0.3, -0.25) is 0 Å². The molecule has 0 aliphatic rings. The second-order valence-corrected chi connectivity index (χ2v) is 10.2. The molecule has 27 heavy (non-hydrogen) atoms. The third kappa shape index (κ3) is 6.76. The summed E-state index contributed by atoms with van der Waals surface area (Å²) >= 11 is 0. The van der Waals surface area contributed by atoms with Crippen LogP contribution in [-0.4, -0.2) is 54.2 Å². The van der Waals surface area contributed by atoms with Gasteiger partial charge in [-0.1, -0.05) is 0 Å². The van der Waals surface area contributed by atoms with Crippen LogP contribution in [0.3, 0.4) is 0 Å². The molecular weight excluding hydrogens is 426 g/mol. The number of nitrogens with zero attached hydrogens (tertiary/aromatic N) is 4. The number of ether oxygens (including phenoxy) is 1. The molecule has 2 radical (unpaired) electrons. The zero-order chi connectivity index (χ0) is 20.5. The molecular formula is C9H15BN5O9P3. The van der Waals surface area contributed by atoms with E-state index in [2.05, 4.69) is 23.6 Å². The first-order chi connectivity index (χ1) is 12.3. The molecule has 2 heterocycles. The van der Waals surface area contributed by atoms with E-state index in [1.807, 2.05) is 0 Å². The highest BCUT2D eigenvalue weighted by Gasteiger charge is 2.37. The molecule has 0 saturated heterocycles. The van der Waals surface area contributed by atoms with Crippen LogP contribution in [0.5, 0.6) is 0 Å². The lowest BCUT2D eigenvalue weighted by Gasteiger charge is -2.21. The van der Waals surface area contributed by atoms with E-state index >= 15 is 0 Å². The summed E-state index contributed by atoms with van der Waals surface area (Å²) < 4.78 is 48.4. The lowest BCUT2D eigenvalue weighted by atomic mass is 10.4. The van der Waals surface area contributed by atoms with E-state index in [9.17, 15) is 18.6 Å². The van der Waals surface area contributed by atoms with E-state index in [0.717, 1.165) is 0 Å². The molecule has 0 saturated carbocycles. The lowest BCUT2D eigenvalue weighted by Crippen LogP contribution is -2.17. The van der Waals surface area contributed by atoms with Gasteiger partial charge in [0.05, 0.1) is 19.0 Å². The minimum Gasteiger partial charge on any atom is -0.382 e. The van der Waals surface area contributed by atoms with E-state index in [1.165, 1.54) is 12.7 Å². The highest BCUT2D eigenvalue weighted by Crippen LogP contribution is 2.65. The largest absolute Gasteiger partial charge is 0.486 e. The number of rotatable bonds is 9. The number of imidazole rings is 1. The molecule has 3 atom stereocenters. The van der Waals surface area contributed by atoms with Crippen molar-refractivity contribution in [3.8, 4) is 0 Å². The summed E-state index contributed by atoms with van der Waals surface area (Å²) in [7, 11) is -9.87. The van der Waals surface area contributed by atoms with Crippen molar-refractivity contribution in [2.45, 2.75) is 19.6 Å². The predicted molar refractivity (Wildman–Crippen MR) is 92.5 cm³/mol. The molecule has 148 valence electrons. The molecule has 2 aromatic rings. The molecule has 18 heteroatoms. The van der Waals surface area contributed by atoms with Crippen LogP contribution in [-0.2, 0) is 33.6 Å². The maximum absolute atomic E-state index is 12.0. The number of phosphoric acid groups is 2. The molecule has 0 fully saturated rings. The monoisotopic (exact) mass is 441 g/mol. The van der Waals surface area contributed by atoms with E-state index < -0.39 is 35.3 Å². The van der Waals surface area contributed by atoms with Crippen molar-refractivity contribution in [3.05, 3.63) is 12.7 Å². The van der Waals surface area contributed by atoms with Crippen LogP contribution in [0.1, 0.15) is 6.92 Å². The molecule has 2 aromatic heterocycles. The summed E-state index contributed by atoms with van der Waals surface area (Å²) in [6.07, 6.45) is 1.22. The number of aromatic nitrogens is 4. The maximum atomic E-state index is 12.0. The van der Waals surface area contributed by atoms with Gasteiger partial charge in [0.1, 0.15) is 18.2 Å². The molecule has 0 bridgehead atoms. The normalized spacial score (nSPS) is 18.1. The number of fused-ring (bicyclic) bond motifs is 1. The van der Waals surface area contributed by atoms with E-state index in [4.69, 9.17) is 27.8 Å². The Labute approximate surface area is 153 Å². The van der Waals surface area contributed by atoms with Gasteiger partial charge in [-0.15, -0.1) is 0 Å². The Balaban J connectivity index is 1.96. The fourth-order valence-corrected chi connectivity index (χ4v) is 5.45. The van der Waals surface area contributed by atoms with Crippen molar-refractivity contribution in [2.24, 2.45) is 0 Å². The molecule has 5 N–H and O–H groups in total. The molecule has 0 aromatic carbocycles. The third-order valence-corrected chi connectivity index (χ3v) is 6.99. The van der Waals surface area contributed by atoms with Crippen molar-refractivity contribution in [3.63, 3.8) is 0 Å². The van der Waals surface area contributed by atoms with Gasteiger partial charge in [-0.2, -0.15) is 4.31 Å². The highest BCUT2D eigenvalue weighted by molar-refractivity contribution is 7.87. The summed E-state index contributed by atoms with van der Waals surface area (Å²) in [5.41, 5.74) is 6.49. The first kappa shape index (κ1) is 22.2. The number of nitrogens with two attached hydrogens (primary N) is 1. The van der Waals surface area contributed by atoms with Gasteiger partial charge in [0.2, 0.25) is 7.57 Å². The number of hydrogen-bond acceptors (Lipinski definition) is 10. The topological polar surface area (TPSA) is 209 Å². The van der Waals surface area contributed by atoms with Crippen molar-refractivity contribution in [2.75, 3.05) is 12.1 Å². The van der Waals surface area contributed by atoms with Crippen molar-refractivity contribution < 1.29 is 41.7 Å². The van der Waals surface area contributed by atoms with Gasteiger partial charge in [-0.25, -0.2) is 28.4 Å². The van der Waals surface area contributed by atoms with Gasteiger partial charge in [0.15, 0.2) is 18.7 Å². The quantitative estimate of drug-likeness (QED) is 0.306. The molecule has 0 aliphatic carbocycles. The Bertz CT molecular complexity index is 964. The van der Waals surface area contributed by atoms with Gasteiger partial charge >= 0.3 is 15.6 Å². The molecule has 0 aliphatic heterocycles. The smallest absolute Gasteiger partial charge is 0.382 e. The number of hydrogen-bond donors (Lipinski definition) is 4. The van der Waals surface area contributed by atoms with Crippen LogP contribution in [0, 0.1) is 0 Å². The van der Waals surface area contributed by atoms with E-state index in [0.29, 0.717) is 11.2 Å². The minimum atomic E-state index is -5.37. The fourth-order valence-electron chi connectivity index (χ4n) is 1.94. The zero-order valence-corrected chi connectivity index (χ0v) is 16.4. The minimum absolute atomic E-state index is 0.169. The zero-order valence-electron chi connectivity index (χ0n) is 13.7. The van der Waals surface area contributed by atoms with Gasteiger partial charge in [0.25, 0.3) is 0 Å². The van der Waals surface area contributed by atoms with Gasteiger partial charge < -0.3 is 34.3 Å².